The van der Waals surface area contributed by atoms with Crippen LogP contribution in [0.1, 0.15) is 83.1 Å². The molecule has 2 aliphatic rings. The monoisotopic (exact) mass is 765 g/mol. The van der Waals surface area contributed by atoms with Crippen molar-refractivity contribution in [3.8, 4) is 11.5 Å². The van der Waals surface area contributed by atoms with E-state index in [-0.39, 0.29) is 49.1 Å². The van der Waals surface area contributed by atoms with E-state index in [2.05, 4.69) is 5.32 Å². The van der Waals surface area contributed by atoms with Gasteiger partial charge in [0.25, 0.3) is 5.91 Å². The number of methoxy groups -OCH3 is 2. The summed E-state index contributed by atoms with van der Waals surface area (Å²) in [5.41, 5.74) is -0.133. The number of amides is 1. The number of halogens is 1. The van der Waals surface area contributed by atoms with Crippen molar-refractivity contribution in [2.75, 3.05) is 58.9 Å². The van der Waals surface area contributed by atoms with Gasteiger partial charge < -0.3 is 43.5 Å². The zero-order valence-corrected chi connectivity index (χ0v) is 31.8. The van der Waals surface area contributed by atoms with E-state index in [0.29, 0.717) is 42.9 Å². The lowest BCUT2D eigenvalue weighted by atomic mass is 9.99. The second-order valence-corrected chi connectivity index (χ2v) is 14.1. The van der Waals surface area contributed by atoms with Crippen molar-refractivity contribution < 1.29 is 56.8 Å². The van der Waals surface area contributed by atoms with Crippen molar-refractivity contribution in [2.45, 2.75) is 64.2 Å². The molecule has 3 aromatic rings. The smallest absolute Gasteiger partial charge is 0.468 e. The number of ether oxygens (including phenoxy) is 6. The van der Waals surface area contributed by atoms with Gasteiger partial charge in [0, 0.05) is 45.0 Å². The topological polar surface area (TPSA) is 151 Å². The molecular weight excluding hydrogens is 717 g/mol. The van der Waals surface area contributed by atoms with Crippen LogP contribution in [0.5, 0.6) is 11.5 Å². The van der Waals surface area contributed by atoms with E-state index >= 15 is 4.39 Å². The van der Waals surface area contributed by atoms with E-state index in [1.807, 2.05) is 4.90 Å². The molecule has 296 valence electrons. The highest BCUT2D eigenvalue weighted by atomic mass is 19.1. The molecule has 1 amide bonds. The lowest BCUT2D eigenvalue weighted by molar-refractivity contribution is -0.144. The number of hydroxylamine groups is 2. The highest BCUT2D eigenvalue weighted by Gasteiger charge is 2.34. The highest BCUT2D eigenvalue weighted by Crippen LogP contribution is 2.34. The van der Waals surface area contributed by atoms with Crippen LogP contribution in [0.15, 0.2) is 60.7 Å². The van der Waals surface area contributed by atoms with E-state index in [4.69, 9.17) is 33.3 Å². The Balaban J connectivity index is 1.33. The van der Waals surface area contributed by atoms with Gasteiger partial charge >= 0.3 is 12.1 Å². The van der Waals surface area contributed by atoms with Crippen LogP contribution in [-0.2, 0) is 23.8 Å². The van der Waals surface area contributed by atoms with E-state index in [9.17, 15) is 19.2 Å². The Kier molecular flexibility index (Phi) is 14.0. The second-order valence-electron chi connectivity index (χ2n) is 14.1. The lowest BCUT2D eigenvalue weighted by Gasteiger charge is -2.29. The molecule has 0 saturated carbocycles. The molecule has 2 atom stereocenters. The van der Waals surface area contributed by atoms with Gasteiger partial charge in [0.1, 0.15) is 28.8 Å². The van der Waals surface area contributed by atoms with E-state index in [1.54, 1.807) is 57.2 Å². The molecule has 2 saturated heterocycles. The summed E-state index contributed by atoms with van der Waals surface area (Å²) in [6.45, 7) is 6.63. The summed E-state index contributed by atoms with van der Waals surface area (Å²) >= 11 is 0. The van der Waals surface area contributed by atoms with Crippen molar-refractivity contribution >= 4 is 29.5 Å². The average molecular weight is 766 g/mol. The van der Waals surface area contributed by atoms with Crippen LogP contribution in [0.4, 0.5) is 14.9 Å². The molecule has 0 unspecified atom stereocenters. The van der Waals surface area contributed by atoms with Gasteiger partial charge in [-0.25, -0.2) is 14.0 Å². The summed E-state index contributed by atoms with van der Waals surface area (Å²) in [4.78, 5) is 60.7. The Labute approximate surface area is 319 Å². The first-order valence-electron chi connectivity index (χ1n) is 18.1. The minimum absolute atomic E-state index is 0.0130. The number of hydrogen-bond donors (Lipinski definition) is 1. The first kappa shape index (κ1) is 40.9. The third-order valence-corrected chi connectivity index (χ3v) is 8.85. The summed E-state index contributed by atoms with van der Waals surface area (Å²) in [6, 6.07) is 14.4. The number of ketones is 1. The predicted octanol–water partition coefficient (Wildman–Crippen LogP) is 5.91. The third kappa shape index (κ3) is 11.2. The first-order valence-corrected chi connectivity index (χ1v) is 18.1. The van der Waals surface area contributed by atoms with Gasteiger partial charge in [0.15, 0.2) is 25.2 Å². The number of rotatable bonds is 14. The quantitative estimate of drug-likeness (QED) is 0.118. The number of esters is 1. The number of nitrogens with zero attached hydrogens (tertiary/aromatic N) is 2. The van der Waals surface area contributed by atoms with Crippen LogP contribution in [0.25, 0.3) is 0 Å². The van der Waals surface area contributed by atoms with Crippen LogP contribution in [0, 0.1) is 5.82 Å². The van der Waals surface area contributed by atoms with Crippen molar-refractivity contribution in [2.24, 2.45) is 0 Å². The molecule has 3 aromatic carbocycles. The van der Waals surface area contributed by atoms with Crippen LogP contribution in [0.2, 0.25) is 0 Å². The van der Waals surface area contributed by atoms with Gasteiger partial charge in [-0.3, -0.25) is 9.59 Å². The summed E-state index contributed by atoms with van der Waals surface area (Å²) in [7, 11) is 2.92. The number of benzene rings is 3. The van der Waals surface area contributed by atoms with Gasteiger partial charge in [-0.05, 0) is 95.0 Å². The van der Waals surface area contributed by atoms with Crippen LogP contribution >= 0.6 is 0 Å². The lowest BCUT2D eigenvalue weighted by Crippen LogP contribution is -2.50. The van der Waals surface area contributed by atoms with E-state index in [0.717, 1.165) is 12.8 Å². The minimum atomic E-state index is -0.908. The fraction of sp³-hybridized carbons (Fsp3) is 0.450. The maximum absolute atomic E-state index is 16.0. The van der Waals surface area contributed by atoms with Crippen LogP contribution in [-0.4, -0.2) is 101 Å². The molecule has 0 bridgehead atoms. The summed E-state index contributed by atoms with van der Waals surface area (Å²) in [6.07, 6.45) is 0.872. The van der Waals surface area contributed by atoms with E-state index in [1.165, 1.54) is 43.5 Å². The molecule has 0 aromatic heterocycles. The molecule has 2 fully saturated rings. The molecule has 1 N–H and O–H groups in total. The highest BCUT2D eigenvalue weighted by molar-refractivity contribution is 6.11. The predicted molar refractivity (Wildman–Crippen MR) is 198 cm³/mol. The number of nitrogens with one attached hydrogen (secondary N) is 1. The summed E-state index contributed by atoms with van der Waals surface area (Å²) in [5, 5.41) is 4.30. The van der Waals surface area contributed by atoms with Crippen LogP contribution in [0.3, 0.4) is 0 Å². The molecule has 15 heteroatoms. The number of hydrogen-bond acceptors (Lipinski definition) is 13. The number of carbonyl (C=O) groups is 4. The van der Waals surface area contributed by atoms with E-state index < -0.39 is 47.4 Å². The minimum Gasteiger partial charge on any atom is -0.468 e. The molecule has 5 rings (SSSR count). The summed E-state index contributed by atoms with van der Waals surface area (Å²) in [5.74, 6) is -1.94. The number of anilines is 1. The fourth-order valence-corrected chi connectivity index (χ4v) is 6.23. The maximum atomic E-state index is 16.0. The van der Waals surface area contributed by atoms with Crippen molar-refractivity contribution in [1.29, 1.82) is 0 Å². The first-order chi connectivity index (χ1) is 26.4. The second kappa shape index (κ2) is 18.9. The zero-order valence-electron chi connectivity index (χ0n) is 31.8. The average Bonchev–Trinajstić information content (AvgIpc) is 3.63. The van der Waals surface area contributed by atoms with Gasteiger partial charge in [-0.15, -0.1) is 5.06 Å². The van der Waals surface area contributed by atoms with Gasteiger partial charge in [0.2, 0.25) is 0 Å². The Morgan fingerprint density at radius 1 is 0.800 bits per heavy atom. The van der Waals surface area contributed by atoms with Crippen molar-refractivity contribution in [1.82, 2.24) is 10.4 Å². The Bertz CT molecular complexity index is 1790. The molecular formula is C40H48FN3O11. The molecule has 0 radical (unpaired) electrons. The number of carbonyl (C=O) groups excluding carboxylic acids is 4. The zero-order chi connectivity index (χ0) is 39.5. The third-order valence-electron chi connectivity index (χ3n) is 8.85. The molecule has 0 aliphatic carbocycles. The Morgan fingerprint density at radius 3 is 2.09 bits per heavy atom. The molecule has 2 aliphatic heterocycles. The summed E-state index contributed by atoms with van der Waals surface area (Å²) < 4.78 is 48.2. The van der Waals surface area contributed by atoms with Gasteiger partial charge in [0.05, 0.1) is 23.8 Å². The van der Waals surface area contributed by atoms with Gasteiger partial charge in [-0.2, -0.15) is 0 Å². The normalized spacial score (nSPS) is 17.5. The molecule has 2 heterocycles. The SMILES string of the molecule is COCOc1ccc(C(=O)N[C@@H]2CN(OC(=O)OC(C)(C)C)CCC[C@H]2OC(=O)c2ccc(C(=O)c3c(OCOC)ccc(N4CCCC4)c3F)cc2)cc1. The Hall–Kier alpha value is -5.25. The largest absolute Gasteiger partial charge is 0.528 e. The molecule has 14 nitrogen and oxygen atoms in total. The van der Waals surface area contributed by atoms with Crippen LogP contribution < -0.4 is 19.7 Å². The van der Waals surface area contributed by atoms with Crippen molar-refractivity contribution in [3.05, 3.63) is 88.7 Å². The molecule has 0 spiro atoms. The van der Waals surface area contributed by atoms with Gasteiger partial charge in [-0.1, -0.05) is 12.1 Å². The molecule has 55 heavy (non-hydrogen) atoms. The van der Waals surface area contributed by atoms with Crippen molar-refractivity contribution in [3.63, 3.8) is 0 Å². The maximum Gasteiger partial charge on any atom is 0.528 e. The Morgan fingerprint density at radius 2 is 1.44 bits per heavy atom. The fourth-order valence-electron chi connectivity index (χ4n) is 6.23. The standard InChI is InChI=1S/C40H48FN3O11/c1-40(2,3)54-39(48)55-44-22-8-9-32(30(23-44)42-37(46)27-14-16-29(17-15-27)51-24-49-4)53-38(47)28-12-10-26(11-13-28)36(45)34-33(52-25-50-5)19-18-31(35(34)41)43-20-6-7-21-43/h10-19,30,32H,6-9,20-25H2,1-5H3,(H,42,46)/t30-,32-/m1/s1.